The Balaban J connectivity index is 1.82. The Bertz CT molecular complexity index is 994. The first-order valence-electron chi connectivity index (χ1n) is 7.62. The van der Waals surface area contributed by atoms with Crippen LogP contribution in [-0.4, -0.2) is 37.5 Å². The van der Waals surface area contributed by atoms with E-state index in [2.05, 4.69) is 15.4 Å². The lowest BCUT2D eigenvalue weighted by Gasteiger charge is -2.08. The van der Waals surface area contributed by atoms with Crippen LogP contribution in [0, 0.1) is 5.41 Å². The normalized spacial score (nSPS) is 10.5. The minimum Gasteiger partial charge on any atom is -0.481 e. The van der Waals surface area contributed by atoms with Crippen LogP contribution in [0.25, 0.3) is 5.65 Å². The van der Waals surface area contributed by atoms with Crippen LogP contribution in [0.5, 0.6) is 5.75 Å². The smallest absolute Gasteiger partial charge is 0.343 e. The van der Waals surface area contributed by atoms with E-state index in [0.717, 1.165) is 0 Å². The molecule has 0 amide bonds. The number of pyridine rings is 1. The van der Waals surface area contributed by atoms with Gasteiger partial charge in [-0.25, -0.2) is 14.3 Å². The number of carbonyl (C=O) groups is 2. The van der Waals surface area contributed by atoms with Gasteiger partial charge in [-0.15, -0.1) is 0 Å². The van der Waals surface area contributed by atoms with Gasteiger partial charge in [-0.2, -0.15) is 5.10 Å². The molecule has 0 aliphatic heterocycles. The monoisotopic (exact) mass is 353 g/mol. The maximum atomic E-state index is 12.3. The fourth-order valence-corrected chi connectivity index (χ4v) is 2.37. The average molecular weight is 353 g/mol. The molecule has 2 aromatic heterocycles. The number of rotatable bonds is 5. The van der Waals surface area contributed by atoms with Crippen LogP contribution in [0.4, 0.5) is 5.69 Å². The molecule has 3 N–H and O–H groups in total. The molecule has 0 spiro atoms. The largest absolute Gasteiger partial charge is 0.481 e. The fraction of sp³-hybridized carbons (Fsp3) is 0.118. The number of carboxylic acid groups (broad SMARTS) is 1. The number of anilines is 1. The molecule has 132 valence electrons. The number of aromatic nitrogens is 3. The quantitative estimate of drug-likeness (QED) is 0.363. The van der Waals surface area contributed by atoms with E-state index in [1.807, 2.05) is 0 Å². The number of hydrogen-bond donors (Lipinski definition) is 3. The van der Waals surface area contributed by atoms with E-state index in [1.165, 1.54) is 23.0 Å². The zero-order valence-corrected chi connectivity index (χ0v) is 13.8. The predicted octanol–water partition coefficient (Wildman–Crippen LogP) is 1.98. The molecular weight excluding hydrogens is 338 g/mol. The molecule has 1 aromatic carbocycles. The number of nitrogens with one attached hydrogen (secondary N) is 2. The molecule has 0 saturated carbocycles. The van der Waals surface area contributed by atoms with Crippen molar-refractivity contribution in [3.63, 3.8) is 0 Å². The van der Waals surface area contributed by atoms with Gasteiger partial charge in [0.05, 0.1) is 23.5 Å². The highest BCUT2D eigenvalue weighted by Crippen LogP contribution is 2.21. The fourth-order valence-electron chi connectivity index (χ4n) is 2.37. The predicted molar refractivity (Wildman–Crippen MR) is 92.8 cm³/mol. The summed E-state index contributed by atoms with van der Waals surface area (Å²) in [5.41, 5.74) is 1.69. The van der Waals surface area contributed by atoms with Crippen molar-refractivity contribution in [1.82, 2.24) is 14.6 Å². The zero-order chi connectivity index (χ0) is 18.7. The van der Waals surface area contributed by atoms with Gasteiger partial charge >= 0.3 is 11.9 Å². The summed E-state index contributed by atoms with van der Waals surface area (Å²) in [5, 5.41) is 23.1. The lowest BCUT2D eigenvalue weighted by Crippen LogP contribution is -2.12. The molecule has 0 atom stereocenters. The average Bonchev–Trinajstić information content (AvgIpc) is 3.07. The van der Waals surface area contributed by atoms with Crippen molar-refractivity contribution in [2.45, 2.75) is 13.3 Å². The number of nitrogens with zero attached hydrogens (tertiary/aromatic N) is 3. The summed E-state index contributed by atoms with van der Waals surface area (Å²) in [4.78, 5) is 27.3. The maximum absolute atomic E-state index is 12.3. The van der Waals surface area contributed by atoms with E-state index >= 15 is 0 Å². The highest BCUT2D eigenvalue weighted by molar-refractivity contribution is 5.94. The molecule has 0 aliphatic carbocycles. The molecule has 0 radical (unpaired) electrons. The Morgan fingerprint density at radius 2 is 1.96 bits per heavy atom. The molecule has 0 aliphatic rings. The first-order valence-corrected chi connectivity index (χ1v) is 7.62. The van der Waals surface area contributed by atoms with E-state index in [4.69, 9.17) is 15.3 Å². The number of aliphatic carboxylic acids is 1. The molecule has 2 heterocycles. The molecule has 0 unspecified atom stereocenters. The lowest BCUT2D eigenvalue weighted by molar-refractivity contribution is -0.136. The molecular formula is C17H15N5O4. The van der Waals surface area contributed by atoms with Gasteiger partial charge < -0.3 is 15.2 Å². The van der Waals surface area contributed by atoms with Crippen molar-refractivity contribution >= 4 is 29.1 Å². The second-order valence-corrected chi connectivity index (χ2v) is 5.47. The third kappa shape index (κ3) is 3.66. The van der Waals surface area contributed by atoms with Crippen LogP contribution in [-0.2, 0) is 11.2 Å². The van der Waals surface area contributed by atoms with Gasteiger partial charge in [0.25, 0.3) is 0 Å². The number of hydrogen-bond acceptors (Lipinski definition) is 6. The Hall–Kier alpha value is -3.75. The Morgan fingerprint density at radius 3 is 2.62 bits per heavy atom. The number of esters is 1. The van der Waals surface area contributed by atoms with Gasteiger partial charge in [0.2, 0.25) is 0 Å². The number of fused-ring (bicyclic) bond motifs is 1. The summed E-state index contributed by atoms with van der Waals surface area (Å²) in [7, 11) is 0. The second kappa shape index (κ2) is 7.01. The number of benzene rings is 1. The molecule has 9 nitrogen and oxygen atoms in total. The Kier molecular flexibility index (Phi) is 4.61. The van der Waals surface area contributed by atoms with Crippen LogP contribution >= 0.6 is 0 Å². The first kappa shape index (κ1) is 17.1. The van der Waals surface area contributed by atoms with E-state index < -0.39 is 11.9 Å². The van der Waals surface area contributed by atoms with Crippen LogP contribution in [0.1, 0.15) is 23.0 Å². The van der Waals surface area contributed by atoms with E-state index in [9.17, 15) is 9.59 Å². The lowest BCUT2D eigenvalue weighted by atomic mass is 10.2. The van der Waals surface area contributed by atoms with Gasteiger partial charge in [-0.3, -0.25) is 10.2 Å². The van der Waals surface area contributed by atoms with Crippen molar-refractivity contribution in [1.29, 1.82) is 5.41 Å². The minimum atomic E-state index is -1.000. The van der Waals surface area contributed by atoms with Gasteiger partial charge in [0.1, 0.15) is 6.33 Å². The van der Waals surface area contributed by atoms with Crippen molar-refractivity contribution in [2.24, 2.45) is 0 Å². The summed E-state index contributed by atoms with van der Waals surface area (Å²) < 4.78 is 6.71. The summed E-state index contributed by atoms with van der Waals surface area (Å²) in [5.74, 6) is -1.12. The molecule has 0 fully saturated rings. The Labute approximate surface area is 147 Å². The number of amidine groups is 1. The molecule has 0 bridgehead atoms. The third-order valence-electron chi connectivity index (χ3n) is 3.45. The number of carboxylic acids is 1. The second-order valence-electron chi connectivity index (χ2n) is 5.47. The number of ether oxygens (including phenoxy) is 1. The summed E-state index contributed by atoms with van der Waals surface area (Å²) in [6.07, 6.45) is 1.03. The van der Waals surface area contributed by atoms with Crippen LogP contribution in [0.3, 0.4) is 0 Å². The Morgan fingerprint density at radius 1 is 1.23 bits per heavy atom. The van der Waals surface area contributed by atoms with Gasteiger partial charge in [-0.05, 0) is 43.3 Å². The molecule has 9 heteroatoms. The molecule has 0 saturated heterocycles. The molecule has 3 aromatic rings. The number of carbonyl (C=O) groups excluding carboxylic acids is 1. The zero-order valence-electron chi connectivity index (χ0n) is 13.8. The highest BCUT2D eigenvalue weighted by Gasteiger charge is 2.15. The topological polar surface area (TPSA) is 130 Å². The molecule has 26 heavy (non-hydrogen) atoms. The van der Waals surface area contributed by atoms with Crippen LogP contribution < -0.4 is 10.1 Å². The highest BCUT2D eigenvalue weighted by atomic mass is 16.5. The van der Waals surface area contributed by atoms with Crippen LogP contribution in [0.15, 0.2) is 42.7 Å². The minimum absolute atomic E-state index is 0.180. The van der Waals surface area contributed by atoms with Gasteiger partial charge in [-0.1, -0.05) is 0 Å². The van der Waals surface area contributed by atoms with Crippen molar-refractivity contribution in [2.75, 3.05) is 5.32 Å². The summed E-state index contributed by atoms with van der Waals surface area (Å²) >= 11 is 0. The van der Waals surface area contributed by atoms with Gasteiger partial charge in [0.15, 0.2) is 11.4 Å². The standard InChI is InChI=1S/C17H15N5O4/c1-10(18)21-12-4-2-11(3-5-12)17(25)26-14-7-6-13(8-15(23)24)22-16(14)19-9-20-22/h2-7,9H,8H2,1H3,(H2,18,21)(H,23,24). The van der Waals surface area contributed by atoms with Crippen molar-refractivity contribution < 1.29 is 19.4 Å². The van der Waals surface area contributed by atoms with Crippen molar-refractivity contribution in [3.05, 3.63) is 54.0 Å². The first-order chi connectivity index (χ1) is 12.4. The van der Waals surface area contributed by atoms with Crippen LogP contribution in [0.2, 0.25) is 0 Å². The van der Waals surface area contributed by atoms with Gasteiger partial charge in [0, 0.05) is 5.69 Å². The SMILES string of the molecule is CC(=N)Nc1ccc(C(=O)Oc2ccc(CC(=O)O)n3ncnc23)cc1. The van der Waals surface area contributed by atoms with E-state index in [-0.39, 0.29) is 23.7 Å². The summed E-state index contributed by atoms with van der Waals surface area (Å²) in [6, 6.07) is 9.50. The third-order valence-corrected chi connectivity index (χ3v) is 3.45. The van der Waals surface area contributed by atoms with Crippen molar-refractivity contribution in [3.8, 4) is 5.75 Å². The summed E-state index contributed by atoms with van der Waals surface area (Å²) in [6.45, 7) is 1.61. The molecule has 3 rings (SSSR count). The maximum Gasteiger partial charge on any atom is 0.343 e. The van der Waals surface area contributed by atoms with E-state index in [0.29, 0.717) is 16.9 Å². The van der Waals surface area contributed by atoms with E-state index in [1.54, 1.807) is 31.2 Å².